The molecule has 0 amide bonds. The summed E-state index contributed by atoms with van der Waals surface area (Å²) in [7, 11) is 1.49. The summed E-state index contributed by atoms with van der Waals surface area (Å²) in [6.45, 7) is 0. The summed E-state index contributed by atoms with van der Waals surface area (Å²) in [5.41, 5.74) is 0.247. The van der Waals surface area contributed by atoms with Crippen LogP contribution in [-0.2, 0) is 13.4 Å². The van der Waals surface area contributed by atoms with Crippen LogP contribution in [0.4, 0.5) is 0 Å². The molecule has 13 heavy (non-hydrogen) atoms. The Hall–Kier alpha value is -0.650. The van der Waals surface area contributed by atoms with Gasteiger partial charge < -0.3 is 9.84 Å². The molecule has 0 aromatic heterocycles. The summed E-state index contributed by atoms with van der Waals surface area (Å²) in [6.07, 6.45) is 4.93. The van der Waals surface area contributed by atoms with Gasteiger partial charge in [0.25, 0.3) is 0 Å². The number of halogens is 1. The third-order valence-electron chi connectivity index (χ3n) is 1.85. The number of aliphatic carboxylic acids is 1. The van der Waals surface area contributed by atoms with Gasteiger partial charge in [-0.3, -0.25) is 3.83 Å². The Morgan fingerprint density at radius 3 is 2.77 bits per heavy atom. The van der Waals surface area contributed by atoms with Gasteiger partial charge in [-0.25, -0.2) is 4.79 Å². The summed E-state index contributed by atoms with van der Waals surface area (Å²) < 4.78 is 9.98. The third-order valence-corrected chi connectivity index (χ3v) is 2.39. The zero-order chi connectivity index (χ0) is 9.90. The maximum atomic E-state index is 10.5. The fourth-order valence-corrected chi connectivity index (χ4v) is 1.38. The summed E-state index contributed by atoms with van der Waals surface area (Å²) in [5, 5.41) is 8.64. The minimum Gasteiger partial charge on any atom is -0.478 e. The third kappa shape index (κ3) is 2.18. The van der Waals surface area contributed by atoms with Gasteiger partial charge in [0, 0.05) is 13.5 Å². The van der Waals surface area contributed by atoms with E-state index in [4.69, 9.17) is 13.7 Å². The molecule has 0 heterocycles. The molecule has 0 bridgehead atoms. The first kappa shape index (κ1) is 10.4. The van der Waals surface area contributed by atoms with Crippen LogP contribution in [0.3, 0.4) is 0 Å². The van der Waals surface area contributed by atoms with Crippen molar-refractivity contribution in [1.29, 1.82) is 0 Å². The minimum absolute atomic E-state index is 0.247. The molecule has 5 heteroatoms. The Kier molecular flexibility index (Phi) is 3.24. The topological polar surface area (TPSA) is 55.8 Å². The molecule has 0 aromatic rings. The largest absolute Gasteiger partial charge is 0.478 e. The van der Waals surface area contributed by atoms with Crippen molar-refractivity contribution in [3.05, 3.63) is 23.8 Å². The van der Waals surface area contributed by atoms with E-state index >= 15 is 0 Å². The van der Waals surface area contributed by atoms with Gasteiger partial charge in [0.05, 0.1) is 5.57 Å². The second kappa shape index (κ2) is 4.04. The first-order valence-corrected chi connectivity index (χ1v) is 4.26. The van der Waals surface area contributed by atoms with Crippen LogP contribution < -0.4 is 0 Å². The van der Waals surface area contributed by atoms with Crippen LogP contribution in [0.5, 0.6) is 0 Å². The molecule has 1 rings (SSSR count). The van der Waals surface area contributed by atoms with Gasteiger partial charge in [-0.05, 0) is 12.2 Å². The number of ether oxygens (including phenoxy) is 1. The van der Waals surface area contributed by atoms with Crippen LogP contribution in [-0.4, -0.2) is 24.0 Å². The fourth-order valence-electron chi connectivity index (χ4n) is 1.00. The smallest absolute Gasteiger partial charge is 0.335 e. The Morgan fingerprint density at radius 1 is 1.77 bits per heavy atom. The lowest BCUT2D eigenvalue weighted by molar-refractivity contribution is -0.132. The minimum atomic E-state index is -0.949. The molecule has 72 valence electrons. The van der Waals surface area contributed by atoms with Gasteiger partial charge in [-0.2, -0.15) is 0 Å². The van der Waals surface area contributed by atoms with Crippen LogP contribution in [0.1, 0.15) is 6.42 Å². The van der Waals surface area contributed by atoms with Crippen LogP contribution >= 0.6 is 16.3 Å². The SMILES string of the molecule is COC1(OBr)C=CC(C(=O)O)=CC1. The normalized spacial score (nSPS) is 27.1. The van der Waals surface area contributed by atoms with Gasteiger partial charge in [0.2, 0.25) is 5.79 Å². The number of hydrogen-bond donors (Lipinski definition) is 1. The number of hydrogen-bond acceptors (Lipinski definition) is 3. The fraction of sp³-hybridized carbons (Fsp3) is 0.375. The molecule has 0 spiro atoms. The standard InChI is InChI=1S/C8H9BrO4/c1-12-8(13-9)4-2-6(3-5-8)7(10)11/h2-4H,5H2,1H3,(H,10,11). The van der Waals surface area contributed by atoms with Gasteiger partial charge in [-0.15, -0.1) is 0 Å². The average Bonchev–Trinajstić information content (AvgIpc) is 2.18. The van der Waals surface area contributed by atoms with Crippen molar-refractivity contribution in [3.63, 3.8) is 0 Å². The molecule has 0 saturated heterocycles. The summed E-state index contributed by atoms with van der Waals surface area (Å²) in [5.74, 6) is -1.82. The maximum absolute atomic E-state index is 10.5. The lowest BCUT2D eigenvalue weighted by Gasteiger charge is -2.26. The quantitative estimate of drug-likeness (QED) is 0.772. The van der Waals surface area contributed by atoms with Crippen LogP contribution in [0.25, 0.3) is 0 Å². The van der Waals surface area contributed by atoms with Crippen molar-refractivity contribution in [2.45, 2.75) is 12.2 Å². The van der Waals surface area contributed by atoms with E-state index in [0.717, 1.165) is 0 Å². The number of methoxy groups -OCH3 is 1. The predicted octanol–water partition coefficient (Wildman–Crippen LogP) is 1.63. The van der Waals surface area contributed by atoms with Gasteiger partial charge in [0.1, 0.15) is 16.3 Å². The van der Waals surface area contributed by atoms with Crippen molar-refractivity contribution in [2.75, 3.05) is 7.11 Å². The Labute approximate surface area is 84.3 Å². The summed E-state index contributed by atoms with van der Waals surface area (Å²) >= 11 is 2.83. The Bertz CT molecular complexity index is 265. The molecule has 1 aliphatic carbocycles. The molecule has 0 fully saturated rings. The molecule has 0 radical (unpaired) electrons. The number of carboxylic acid groups (broad SMARTS) is 1. The molecule has 1 unspecified atom stereocenters. The highest BCUT2D eigenvalue weighted by Gasteiger charge is 2.29. The summed E-state index contributed by atoms with van der Waals surface area (Å²) in [6, 6.07) is 0. The maximum Gasteiger partial charge on any atom is 0.335 e. The Balaban J connectivity index is 2.77. The van der Waals surface area contributed by atoms with E-state index in [1.807, 2.05) is 0 Å². The van der Waals surface area contributed by atoms with Crippen LogP contribution in [0, 0.1) is 0 Å². The van der Waals surface area contributed by atoms with Crippen molar-refractivity contribution in [1.82, 2.24) is 0 Å². The predicted molar refractivity (Wildman–Crippen MR) is 49.2 cm³/mol. The number of carboxylic acids is 1. The van der Waals surface area contributed by atoms with Gasteiger partial charge in [0.15, 0.2) is 0 Å². The zero-order valence-corrected chi connectivity index (χ0v) is 8.58. The second-order valence-electron chi connectivity index (χ2n) is 2.60. The second-order valence-corrected chi connectivity index (χ2v) is 2.92. The number of rotatable bonds is 3. The molecule has 1 aliphatic rings. The molecule has 1 N–H and O–H groups in total. The first-order chi connectivity index (χ1) is 6.13. The zero-order valence-electron chi connectivity index (χ0n) is 6.99. The molecule has 0 saturated carbocycles. The highest BCUT2D eigenvalue weighted by molar-refractivity contribution is 9.06. The molecule has 0 aliphatic heterocycles. The average molecular weight is 249 g/mol. The lowest BCUT2D eigenvalue weighted by atomic mass is 10.0. The molecule has 1 atom stereocenters. The van der Waals surface area contributed by atoms with E-state index in [-0.39, 0.29) is 5.57 Å². The monoisotopic (exact) mass is 248 g/mol. The van der Waals surface area contributed by atoms with E-state index in [9.17, 15) is 4.79 Å². The summed E-state index contributed by atoms with van der Waals surface area (Å²) in [4.78, 5) is 10.5. The molecular weight excluding hydrogens is 240 g/mol. The highest BCUT2D eigenvalue weighted by Crippen LogP contribution is 2.27. The molecule has 0 aromatic carbocycles. The van der Waals surface area contributed by atoms with E-state index in [2.05, 4.69) is 16.3 Å². The van der Waals surface area contributed by atoms with Crippen LogP contribution in [0.15, 0.2) is 23.8 Å². The van der Waals surface area contributed by atoms with Crippen molar-refractivity contribution < 1.29 is 18.5 Å². The van der Waals surface area contributed by atoms with Crippen molar-refractivity contribution >= 4 is 22.2 Å². The Morgan fingerprint density at radius 2 is 2.46 bits per heavy atom. The lowest BCUT2D eigenvalue weighted by Crippen LogP contribution is -2.30. The van der Waals surface area contributed by atoms with Gasteiger partial charge >= 0.3 is 5.97 Å². The molecule has 4 nitrogen and oxygen atoms in total. The number of carbonyl (C=O) groups is 1. The van der Waals surface area contributed by atoms with E-state index in [0.29, 0.717) is 6.42 Å². The van der Waals surface area contributed by atoms with E-state index < -0.39 is 11.8 Å². The first-order valence-electron chi connectivity index (χ1n) is 3.61. The van der Waals surface area contributed by atoms with Crippen molar-refractivity contribution in [2.24, 2.45) is 0 Å². The van der Waals surface area contributed by atoms with Crippen molar-refractivity contribution in [3.8, 4) is 0 Å². The molecular formula is C8H9BrO4. The van der Waals surface area contributed by atoms with E-state index in [1.165, 1.54) is 13.2 Å². The van der Waals surface area contributed by atoms with Gasteiger partial charge in [-0.1, -0.05) is 6.08 Å². The van der Waals surface area contributed by atoms with E-state index in [1.54, 1.807) is 12.2 Å². The van der Waals surface area contributed by atoms with Crippen LogP contribution in [0.2, 0.25) is 0 Å². The highest BCUT2D eigenvalue weighted by atomic mass is 79.9.